The Morgan fingerprint density at radius 2 is 1.76 bits per heavy atom. The molecule has 0 aliphatic heterocycles. The largest absolute Gasteiger partial charge is 0.399 e. The number of nitrogens with one attached hydrogen (secondary N) is 1. The zero-order chi connectivity index (χ0) is 15.2. The number of amides is 1. The summed E-state index contributed by atoms with van der Waals surface area (Å²) < 4.78 is 0. The maximum Gasteiger partial charge on any atom is 0.253 e. The molecule has 0 spiro atoms. The number of hydrogen-bond acceptors (Lipinski definition) is 3. The highest BCUT2D eigenvalue weighted by Gasteiger charge is 2.18. The van der Waals surface area contributed by atoms with Gasteiger partial charge in [0.05, 0.1) is 5.56 Å². The van der Waals surface area contributed by atoms with E-state index in [1.165, 1.54) is 32.1 Å². The summed E-state index contributed by atoms with van der Waals surface area (Å²) in [6.45, 7) is 0. The highest BCUT2D eigenvalue weighted by atomic mass is 16.1. The summed E-state index contributed by atoms with van der Waals surface area (Å²) >= 11 is 0. The maximum absolute atomic E-state index is 12.6. The monoisotopic (exact) mass is 289 g/mol. The Kier molecular flexibility index (Phi) is 5.48. The minimum atomic E-state index is -0.00317. The molecule has 0 unspecified atom stereocenters. The van der Waals surface area contributed by atoms with Gasteiger partial charge in [-0.05, 0) is 31.0 Å². The lowest BCUT2D eigenvalue weighted by atomic mass is 9.96. The van der Waals surface area contributed by atoms with E-state index in [1.807, 2.05) is 31.1 Å². The zero-order valence-electron chi connectivity index (χ0n) is 13.2. The molecule has 0 atom stereocenters. The molecule has 1 aliphatic carbocycles. The molecule has 4 nitrogen and oxygen atoms in total. The molecule has 0 bridgehead atoms. The smallest absolute Gasteiger partial charge is 0.253 e. The second-order valence-corrected chi connectivity index (χ2v) is 6.19. The highest BCUT2D eigenvalue weighted by molar-refractivity contribution is 6.00. The van der Waals surface area contributed by atoms with Crippen LogP contribution in [0.5, 0.6) is 0 Å². The summed E-state index contributed by atoms with van der Waals surface area (Å²) in [6, 6.07) is 5.81. The number of anilines is 2. The highest BCUT2D eigenvalue weighted by Crippen LogP contribution is 2.23. The van der Waals surface area contributed by atoms with Gasteiger partial charge in [-0.2, -0.15) is 0 Å². The van der Waals surface area contributed by atoms with Gasteiger partial charge < -0.3 is 16.0 Å². The Labute approximate surface area is 127 Å². The number of benzene rings is 1. The minimum absolute atomic E-state index is 0.00317. The van der Waals surface area contributed by atoms with Gasteiger partial charge in [0.25, 0.3) is 5.91 Å². The standard InChI is InChI=1S/C17H27N3O/c1-20(2)16-11-10-13(18)12-15(16)17(21)19-14-8-6-4-3-5-7-9-14/h10-12,14H,3-9,18H2,1-2H3,(H,19,21). The number of carbonyl (C=O) groups excluding carboxylic acids is 1. The van der Waals surface area contributed by atoms with E-state index in [-0.39, 0.29) is 5.91 Å². The number of nitrogens with two attached hydrogens (primary N) is 1. The van der Waals surface area contributed by atoms with Crippen molar-refractivity contribution in [2.24, 2.45) is 0 Å². The van der Waals surface area contributed by atoms with Crippen LogP contribution in [0.25, 0.3) is 0 Å². The quantitative estimate of drug-likeness (QED) is 0.840. The molecule has 0 aromatic heterocycles. The third kappa shape index (κ3) is 4.38. The van der Waals surface area contributed by atoms with Crippen LogP contribution in [-0.2, 0) is 0 Å². The summed E-state index contributed by atoms with van der Waals surface area (Å²) in [7, 11) is 3.89. The molecule has 116 valence electrons. The van der Waals surface area contributed by atoms with Crippen LogP contribution in [0.4, 0.5) is 11.4 Å². The van der Waals surface area contributed by atoms with Crippen LogP contribution in [0.15, 0.2) is 18.2 Å². The van der Waals surface area contributed by atoms with Gasteiger partial charge in [0, 0.05) is 31.5 Å². The second-order valence-electron chi connectivity index (χ2n) is 6.19. The number of hydrogen-bond donors (Lipinski definition) is 2. The van der Waals surface area contributed by atoms with E-state index in [9.17, 15) is 4.79 Å². The first kappa shape index (κ1) is 15.7. The first-order valence-corrected chi connectivity index (χ1v) is 7.95. The van der Waals surface area contributed by atoms with E-state index >= 15 is 0 Å². The molecular formula is C17H27N3O. The first-order valence-electron chi connectivity index (χ1n) is 7.95. The Morgan fingerprint density at radius 1 is 1.14 bits per heavy atom. The molecule has 2 rings (SSSR count). The molecule has 0 radical (unpaired) electrons. The number of nitrogens with zero attached hydrogens (tertiary/aromatic N) is 1. The van der Waals surface area contributed by atoms with E-state index in [1.54, 1.807) is 6.07 Å². The second kappa shape index (κ2) is 7.34. The fourth-order valence-electron chi connectivity index (χ4n) is 2.99. The van der Waals surface area contributed by atoms with Crippen molar-refractivity contribution >= 4 is 17.3 Å². The molecular weight excluding hydrogens is 262 g/mol. The maximum atomic E-state index is 12.6. The van der Waals surface area contributed by atoms with Crippen LogP contribution in [0, 0.1) is 0 Å². The van der Waals surface area contributed by atoms with Gasteiger partial charge in [0.2, 0.25) is 0 Å². The summed E-state index contributed by atoms with van der Waals surface area (Å²) in [5, 5.41) is 3.20. The molecule has 1 fully saturated rings. The predicted molar refractivity (Wildman–Crippen MR) is 88.8 cm³/mol. The zero-order valence-corrected chi connectivity index (χ0v) is 13.2. The number of carbonyl (C=O) groups is 1. The first-order chi connectivity index (χ1) is 10.1. The number of rotatable bonds is 3. The van der Waals surface area contributed by atoms with Crippen molar-refractivity contribution in [3.63, 3.8) is 0 Å². The SMILES string of the molecule is CN(C)c1ccc(N)cc1C(=O)NC1CCCCCCC1. The van der Waals surface area contributed by atoms with Crippen molar-refractivity contribution in [1.82, 2.24) is 5.32 Å². The lowest BCUT2D eigenvalue weighted by Crippen LogP contribution is -2.36. The average molecular weight is 289 g/mol. The van der Waals surface area contributed by atoms with Gasteiger partial charge in [-0.25, -0.2) is 0 Å². The normalized spacial score (nSPS) is 16.9. The molecule has 4 heteroatoms. The Balaban J connectivity index is 2.10. The third-order valence-corrected chi connectivity index (χ3v) is 4.19. The Hall–Kier alpha value is -1.71. The number of nitrogen functional groups attached to an aromatic ring is 1. The van der Waals surface area contributed by atoms with Crippen molar-refractivity contribution in [3.8, 4) is 0 Å². The minimum Gasteiger partial charge on any atom is -0.399 e. The van der Waals surface area contributed by atoms with Gasteiger partial charge in [0.15, 0.2) is 0 Å². The van der Waals surface area contributed by atoms with Crippen molar-refractivity contribution in [3.05, 3.63) is 23.8 Å². The van der Waals surface area contributed by atoms with Gasteiger partial charge in [0.1, 0.15) is 0 Å². The van der Waals surface area contributed by atoms with Crippen LogP contribution in [-0.4, -0.2) is 26.0 Å². The molecule has 1 aromatic carbocycles. The average Bonchev–Trinajstić information content (AvgIpc) is 2.41. The van der Waals surface area contributed by atoms with E-state index in [2.05, 4.69) is 5.32 Å². The molecule has 21 heavy (non-hydrogen) atoms. The van der Waals surface area contributed by atoms with Crippen LogP contribution >= 0.6 is 0 Å². The van der Waals surface area contributed by atoms with Crippen molar-refractivity contribution in [2.45, 2.75) is 51.0 Å². The lowest BCUT2D eigenvalue weighted by Gasteiger charge is -2.23. The third-order valence-electron chi connectivity index (χ3n) is 4.19. The fourth-order valence-corrected chi connectivity index (χ4v) is 2.99. The van der Waals surface area contributed by atoms with E-state index in [0.29, 0.717) is 17.3 Å². The van der Waals surface area contributed by atoms with E-state index in [4.69, 9.17) is 5.73 Å². The molecule has 1 aromatic rings. The fraction of sp³-hybridized carbons (Fsp3) is 0.588. The molecule has 0 heterocycles. The Morgan fingerprint density at radius 3 is 2.38 bits per heavy atom. The Bertz CT molecular complexity index is 477. The van der Waals surface area contributed by atoms with Crippen LogP contribution in [0.1, 0.15) is 55.3 Å². The topological polar surface area (TPSA) is 58.4 Å². The van der Waals surface area contributed by atoms with Crippen LogP contribution in [0.3, 0.4) is 0 Å². The van der Waals surface area contributed by atoms with E-state index in [0.717, 1.165) is 18.5 Å². The summed E-state index contributed by atoms with van der Waals surface area (Å²) in [6.07, 6.45) is 8.50. The lowest BCUT2D eigenvalue weighted by molar-refractivity contribution is 0.0931. The van der Waals surface area contributed by atoms with Gasteiger partial charge in [-0.15, -0.1) is 0 Å². The molecule has 3 N–H and O–H groups in total. The van der Waals surface area contributed by atoms with Gasteiger partial charge in [-0.1, -0.05) is 32.1 Å². The van der Waals surface area contributed by atoms with Crippen molar-refractivity contribution in [2.75, 3.05) is 24.7 Å². The summed E-state index contributed by atoms with van der Waals surface area (Å²) in [5.74, 6) is -0.00317. The summed E-state index contributed by atoms with van der Waals surface area (Å²) in [4.78, 5) is 14.5. The van der Waals surface area contributed by atoms with Gasteiger partial charge in [-0.3, -0.25) is 4.79 Å². The molecule has 1 saturated carbocycles. The summed E-state index contributed by atoms with van der Waals surface area (Å²) in [5.41, 5.74) is 8.05. The molecule has 1 amide bonds. The molecule has 0 saturated heterocycles. The van der Waals surface area contributed by atoms with Gasteiger partial charge >= 0.3 is 0 Å². The molecule has 1 aliphatic rings. The predicted octanol–water partition coefficient (Wildman–Crippen LogP) is 3.18. The van der Waals surface area contributed by atoms with E-state index < -0.39 is 0 Å². The van der Waals surface area contributed by atoms with Crippen molar-refractivity contribution < 1.29 is 4.79 Å². The van der Waals surface area contributed by atoms with Crippen molar-refractivity contribution in [1.29, 1.82) is 0 Å². The van der Waals surface area contributed by atoms with Crippen LogP contribution < -0.4 is 16.0 Å². The van der Waals surface area contributed by atoms with Crippen LogP contribution in [0.2, 0.25) is 0 Å².